The summed E-state index contributed by atoms with van der Waals surface area (Å²) in [6.45, 7) is 4.94. The zero-order chi connectivity index (χ0) is 47.2. The maximum atomic E-state index is 12.5. The zero-order valence-electron chi connectivity index (χ0n) is 44.0. The van der Waals surface area contributed by atoms with Crippen LogP contribution >= 0.6 is 0 Å². The number of nitrogens with one attached hydrogen (secondary N) is 1. The van der Waals surface area contributed by atoms with Crippen LogP contribution in [0.15, 0.2) is 12.2 Å². The molecule has 0 saturated carbocycles. The average molecular weight is 919 g/mol. The summed E-state index contributed by atoms with van der Waals surface area (Å²) in [5, 5.41) is 23.3. The summed E-state index contributed by atoms with van der Waals surface area (Å²) in [4.78, 5) is 24.5. The molecular weight excluding hydrogens is 803 g/mol. The van der Waals surface area contributed by atoms with E-state index in [1.165, 1.54) is 250 Å². The van der Waals surface area contributed by atoms with Gasteiger partial charge in [0.05, 0.1) is 25.4 Å². The Hall–Kier alpha value is -1.40. The fraction of sp³-hybridized carbons (Fsp3) is 0.932. The van der Waals surface area contributed by atoms with E-state index in [2.05, 4.69) is 31.3 Å². The molecule has 0 fully saturated rings. The van der Waals surface area contributed by atoms with E-state index in [0.29, 0.717) is 25.9 Å². The molecule has 1 amide bonds. The van der Waals surface area contributed by atoms with Crippen LogP contribution in [0.25, 0.3) is 0 Å². The number of allylic oxidation sites excluding steroid dienone is 2. The molecule has 0 spiro atoms. The quantitative estimate of drug-likeness (QED) is 0.0321. The van der Waals surface area contributed by atoms with E-state index in [4.69, 9.17) is 4.74 Å². The van der Waals surface area contributed by atoms with Crippen LogP contribution in [0.1, 0.15) is 328 Å². The molecule has 0 aliphatic carbocycles. The van der Waals surface area contributed by atoms with E-state index < -0.39 is 12.1 Å². The Morgan fingerprint density at radius 3 is 1.12 bits per heavy atom. The highest BCUT2D eigenvalue weighted by Gasteiger charge is 2.20. The zero-order valence-corrected chi connectivity index (χ0v) is 44.0. The Labute approximate surface area is 406 Å². The van der Waals surface area contributed by atoms with Gasteiger partial charge in [0, 0.05) is 12.8 Å². The largest absolute Gasteiger partial charge is 0.466 e. The fourth-order valence-electron chi connectivity index (χ4n) is 9.28. The monoisotopic (exact) mass is 918 g/mol. The first-order chi connectivity index (χ1) is 32.0. The van der Waals surface area contributed by atoms with Gasteiger partial charge in [0.1, 0.15) is 0 Å². The van der Waals surface area contributed by atoms with E-state index in [-0.39, 0.29) is 18.5 Å². The third-order valence-corrected chi connectivity index (χ3v) is 13.8. The van der Waals surface area contributed by atoms with Crippen LogP contribution in [-0.2, 0) is 14.3 Å². The third-order valence-electron chi connectivity index (χ3n) is 13.8. The minimum absolute atomic E-state index is 0.000426. The molecule has 0 bridgehead atoms. The van der Waals surface area contributed by atoms with E-state index in [9.17, 15) is 19.8 Å². The molecule has 386 valence electrons. The first kappa shape index (κ1) is 63.6. The number of ether oxygens (including phenoxy) is 1. The van der Waals surface area contributed by atoms with Crippen molar-refractivity contribution < 1.29 is 24.5 Å². The Morgan fingerprint density at radius 1 is 0.415 bits per heavy atom. The van der Waals surface area contributed by atoms with E-state index in [0.717, 1.165) is 44.9 Å². The Morgan fingerprint density at radius 2 is 0.723 bits per heavy atom. The minimum atomic E-state index is -0.666. The number of esters is 1. The Balaban J connectivity index is 3.40. The van der Waals surface area contributed by atoms with Crippen molar-refractivity contribution in [2.45, 2.75) is 341 Å². The van der Waals surface area contributed by atoms with Gasteiger partial charge in [-0.05, 0) is 51.4 Å². The highest BCUT2D eigenvalue weighted by molar-refractivity contribution is 5.76. The molecule has 0 saturated heterocycles. The molecule has 0 aliphatic rings. The highest BCUT2D eigenvalue weighted by Crippen LogP contribution is 2.18. The van der Waals surface area contributed by atoms with Crippen molar-refractivity contribution in [2.24, 2.45) is 0 Å². The summed E-state index contributed by atoms with van der Waals surface area (Å²) in [6, 6.07) is -0.543. The Bertz CT molecular complexity index is 970. The standard InChI is InChI=1S/C59H115NO5/c1-3-5-7-9-11-13-15-17-18-22-25-28-31-35-39-43-47-51-57(62)56(55-61)60-58(63)52-48-44-40-36-32-29-26-23-20-19-21-24-27-30-34-38-42-46-50-54-65-59(64)53-49-45-41-37-33-16-14-12-10-8-6-4-2/h12,14,56-57,61-62H,3-11,13,15-55H2,1-2H3,(H,60,63)/b14-12-. The Kier molecular flexibility index (Phi) is 54.0. The molecular formula is C59H115NO5. The van der Waals surface area contributed by atoms with Crippen molar-refractivity contribution in [1.29, 1.82) is 0 Å². The van der Waals surface area contributed by atoms with Gasteiger partial charge in [0.25, 0.3) is 0 Å². The van der Waals surface area contributed by atoms with E-state index >= 15 is 0 Å². The molecule has 0 aromatic rings. The second-order valence-electron chi connectivity index (χ2n) is 20.3. The number of aliphatic hydroxyl groups is 2. The van der Waals surface area contributed by atoms with E-state index in [1.54, 1.807) is 0 Å². The van der Waals surface area contributed by atoms with Crippen LogP contribution in [0.5, 0.6) is 0 Å². The van der Waals surface area contributed by atoms with Crippen LogP contribution < -0.4 is 5.32 Å². The molecule has 65 heavy (non-hydrogen) atoms. The predicted octanol–water partition coefficient (Wildman–Crippen LogP) is 18.1. The minimum Gasteiger partial charge on any atom is -0.466 e. The van der Waals surface area contributed by atoms with Crippen LogP contribution in [0.2, 0.25) is 0 Å². The molecule has 0 aliphatic heterocycles. The number of carbonyl (C=O) groups excluding carboxylic acids is 2. The SMILES string of the molecule is CCCCC/C=C\CCCCCCCC(=O)OCCCCCCCCCCCCCCCCCCCCCC(=O)NC(CO)C(O)CCCCCCCCCCCCCCCCCCC. The van der Waals surface area contributed by atoms with Gasteiger partial charge in [0.2, 0.25) is 5.91 Å². The molecule has 6 heteroatoms. The smallest absolute Gasteiger partial charge is 0.305 e. The van der Waals surface area contributed by atoms with Crippen molar-refractivity contribution in [1.82, 2.24) is 5.32 Å². The van der Waals surface area contributed by atoms with Gasteiger partial charge in [-0.15, -0.1) is 0 Å². The average Bonchev–Trinajstić information content (AvgIpc) is 3.31. The van der Waals surface area contributed by atoms with Crippen molar-refractivity contribution in [3.05, 3.63) is 12.2 Å². The van der Waals surface area contributed by atoms with Gasteiger partial charge in [-0.1, -0.05) is 276 Å². The molecule has 0 aromatic heterocycles. The lowest BCUT2D eigenvalue weighted by Crippen LogP contribution is -2.45. The lowest BCUT2D eigenvalue weighted by molar-refractivity contribution is -0.143. The van der Waals surface area contributed by atoms with Crippen LogP contribution in [-0.4, -0.2) is 47.4 Å². The van der Waals surface area contributed by atoms with Crippen LogP contribution in [0.4, 0.5) is 0 Å². The third kappa shape index (κ3) is 51.8. The maximum absolute atomic E-state index is 12.5. The normalized spacial score (nSPS) is 12.6. The van der Waals surface area contributed by atoms with Gasteiger partial charge in [-0.25, -0.2) is 0 Å². The number of rotatable bonds is 55. The number of hydrogen-bond acceptors (Lipinski definition) is 5. The van der Waals surface area contributed by atoms with Gasteiger partial charge >= 0.3 is 5.97 Å². The molecule has 6 nitrogen and oxygen atoms in total. The topological polar surface area (TPSA) is 95.9 Å². The summed E-state index contributed by atoms with van der Waals surface area (Å²) in [7, 11) is 0. The molecule has 0 heterocycles. The van der Waals surface area contributed by atoms with Gasteiger partial charge < -0.3 is 20.3 Å². The first-order valence-corrected chi connectivity index (χ1v) is 29.4. The highest BCUT2D eigenvalue weighted by atomic mass is 16.5. The lowest BCUT2D eigenvalue weighted by atomic mass is 10.0. The molecule has 2 unspecified atom stereocenters. The molecule has 0 radical (unpaired) electrons. The molecule has 0 aromatic carbocycles. The van der Waals surface area contributed by atoms with E-state index in [1.807, 2.05) is 0 Å². The number of unbranched alkanes of at least 4 members (excludes halogenated alkanes) is 42. The van der Waals surface area contributed by atoms with Crippen LogP contribution in [0.3, 0.4) is 0 Å². The van der Waals surface area contributed by atoms with Crippen molar-refractivity contribution in [3.8, 4) is 0 Å². The summed E-state index contributed by atoms with van der Waals surface area (Å²) >= 11 is 0. The predicted molar refractivity (Wildman–Crippen MR) is 283 cm³/mol. The van der Waals surface area contributed by atoms with Gasteiger partial charge in [-0.3, -0.25) is 9.59 Å². The lowest BCUT2D eigenvalue weighted by Gasteiger charge is -2.22. The summed E-state index contributed by atoms with van der Waals surface area (Å²) in [5.74, 6) is -0.0357. The summed E-state index contributed by atoms with van der Waals surface area (Å²) < 4.78 is 5.46. The summed E-state index contributed by atoms with van der Waals surface area (Å²) in [5.41, 5.74) is 0. The molecule has 0 rings (SSSR count). The number of carbonyl (C=O) groups is 2. The number of amides is 1. The number of hydrogen-bond donors (Lipinski definition) is 3. The van der Waals surface area contributed by atoms with Crippen LogP contribution in [0, 0.1) is 0 Å². The fourth-order valence-corrected chi connectivity index (χ4v) is 9.28. The number of aliphatic hydroxyl groups excluding tert-OH is 2. The second kappa shape index (κ2) is 55.2. The molecule has 2 atom stereocenters. The molecule has 3 N–H and O–H groups in total. The van der Waals surface area contributed by atoms with Gasteiger partial charge in [0.15, 0.2) is 0 Å². The maximum Gasteiger partial charge on any atom is 0.305 e. The second-order valence-corrected chi connectivity index (χ2v) is 20.3. The first-order valence-electron chi connectivity index (χ1n) is 29.4. The van der Waals surface area contributed by atoms with Gasteiger partial charge in [-0.2, -0.15) is 0 Å². The van der Waals surface area contributed by atoms with Crippen molar-refractivity contribution in [2.75, 3.05) is 13.2 Å². The van der Waals surface area contributed by atoms with Crippen molar-refractivity contribution >= 4 is 11.9 Å². The summed E-state index contributed by atoms with van der Waals surface area (Å²) in [6.07, 6.45) is 64.9. The van der Waals surface area contributed by atoms with Crippen molar-refractivity contribution in [3.63, 3.8) is 0 Å².